The quantitative estimate of drug-likeness (QED) is 0.152. The minimum absolute atomic E-state index is 0.153. The van der Waals surface area contributed by atoms with Crippen LogP contribution in [0.5, 0.6) is 11.5 Å². The van der Waals surface area contributed by atoms with Crippen molar-refractivity contribution in [3.63, 3.8) is 0 Å². The van der Waals surface area contributed by atoms with Gasteiger partial charge in [-0.2, -0.15) is 0 Å². The molecule has 5 aromatic rings. The van der Waals surface area contributed by atoms with Crippen LogP contribution in [0.3, 0.4) is 0 Å². The Bertz CT molecular complexity index is 2320. The van der Waals surface area contributed by atoms with Crippen LogP contribution in [-0.2, 0) is 33.1 Å². The summed E-state index contributed by atoms with van der Waals surface area (Å²) in [6.07, 6.45) is 0. The largest absolute Gasteiger partial charge is 0.495 e. The molecule has 0 aromatic heterocycles. The molecule has 2 heterocycles. The summed E-state index contributed by atoms with van der Waals surface area (Å²) in [6, 6.07) is 34.6. The average molecular weight is 853 g/mol. The van der Waals surface area contributed by atoms with Gasteiger partial charge in [-0.05, 0) is 65.7 Å². The fourth-order valence-corrected chi connectivity index (χ4v) is 9.86. The summed E-state index contributed by atoms with van der Waals surface area (Å²) in [7, 11) is -6.35. The molecule has 2 N–H and O–H groups in total. The third-order valence-corrected chi connectivity index (χ3v) is 13.4. The van der Waals surface area contributed by atoms with Crippen molar-refractivity contribution in [1.29, 1.82) is 0 Å². The van der Waals surface area contributed by atoms with Crippen LogP contribution in [-0.4, -0.2) is 115 Å². The van der Waals surface area contributed by atoms with Crippen LogP contribution in [0.4, 0.5) is 11.4 Å². The topological polar surface area (TPSA) is 158 Å². The summed E-state index contributed by atoms with van der Waals surface area (Å²) in [5.41, 5.74) is 3.56. The molecule has 0 radical (unpaired) electrons. The first-order valence-corrected chi connectivity index (χ1v) is 22.5. The van der Waals surface area contributed by atoms with Crippen molar-refractivity contribution in [2.45, 2.75) is 22.9 Å². The lowest BCUT2D eigenvalue weighted by atomic mass is 10.1. The highest BCUT2D eigenvalue weighted by molar-refractivity contribution is 7.93. The molecule has 2 saturated heterocycles. The number of methoxy groups -OCH3 is 2. The molecule has 0 spiro atoms. The molecule has 60 heavy (non-hydrogen) atoms. The number of benzene rings is 5. The van der Waals surface area contributed by atoms with Crippen molar-refractivity contribution in [1.82, 2.24) is 19.6 Å². The van der Waals surface area contributed by atoms with Gasteiger partial charge in [0.25, 0.3) is 31.9 Å². The van der Waals surface area contributed by atoms with E-state index in [2.05, 4.69) is 43.5 Å². The molecular formula is C44H48N6O8S2. The molecule has 0 bridgehead atoms. The molecule has 2 aliphatic rings. The zero-order chi connectivity index (χ0) is 42.3. The number of sulfonamides is 2. The maximum atomic E-state index is 13.8. The van der Waals surface area contributed by atoms with E-state index in [4.69, 9.17) is 9.47 Å². The number of nitrogens with zero attached hydrogens (tertiary/aromatic N) is 4. The molecule has 14 nitrogen and oxygen atoms in total. The van der Waals surface area contributed by atoms with Gasteiger partial charge in [-0.1, -0.05) is 60.7 Å². The van der Waals surface area contributed by atoms with E-state index >= 15 is 0 Å². The highest BCUT2D eigenvalue weighted by Gasteiger charge is 2.30. The van der Waals surface area contributed by atoms with Gasteiger partial charge in [0.15, 0.2) is 0 Å². The summed E-state index contributed by atoms with van der Waals surface area (Å²) in [5, 5.41) is 0. The average Bonchev–Trinajstić information content (AvgIpc) is 3.27. The number of ether oxygens (including phenoxy) is 2. The Balaban J connectivity index is 0.986. The fraction of sp³-hybridized carbons (Fsp3) is 0.273. The van der Waals surface area contributed by atoms with Crippen LogP contribution in [0.15, 0.2) is 131 Å². The fourth-order valence-electron chi connectivity index (χ4n) is 7.31. The molecular weight excluding hydrogens is 805 g/mol. The number of carbonyl (C=O) groups is 2. The molecule has 0 aliphatic carbocycles. The Morgan fingerprint density at radius 1 is 0.500 bits per heavy atom. The number of amides is 2. The zero-order valence-corrected chi connectivity index (χ0v) is 35.1. The van der Waals surface area contributed by atoms with Gasteiger partial charge in [0.05, 0.1) is 14.2 Å². The molecule has 314 valence electrons. The van der Waals surface area contributed by atoms with Crippen LogP contribution in [0, 0.1) is 0 Å². The summed E-state index contributed by atoms with van der Waals surface area (Å²) in [4.78, 5) is 33.9. The summed E-state index contributed by atoms with van der Waals surface area (Å²) in [5.74, 6) is -0.615. The summed E-state index contributed by atoms with van der Waals surface area (Å²) < 4.78 is 70.9. The minimum Gasteiger partial charge on any atom is -0.495 e. The maximum Gasteiger partial charge on any atom is 0.265 e. The van der Waals surface area contributed by atoms with E-state index in [1.165, 1.54) is 55.7 Å². The van der Waals surface area contributed by atoms with Crippen LogP contribution < -0.4 is 18.9 Å². The highest BCUT2D eigenvalue weighted by Crippen LogP contribution is 2.36. The lowest BCUT2D eigenvalue weighted by Crippen LogP contribution is -2.48. The molecule has 0 unspecified atom stereocenters. The number of hydrogen-bond acceptors (Lipinski definition) is 10. The third-order valence-electron chi connectivity index (χ3n) is 10.6. The minimum atomic E-state index is -4.44. The van der Waals surface area contributed by atoms with Crippen molar-refractivity contribution in [3.8, 4) is 11.5 Å². The molecule has 2 aliphatic heterocycles. The van der Waals surface area contributed by atoms with Crippen LogP contribution in [0.25, 0.3) is 0 Å². The van der Waals surface area contributed by atoms with Gasteiger partial charge >= 0.3 is 0 Å². The first-order valence-electron chi connectivity index (χ1n) is 19.6. The second-order valence-electron chi connectivity index (χ2n) is 14.6. The van der Waals surface area contributed by atoms with Crippen molar-refractivity contribution in [2.75, 3.05) is 76.0 Å². The zero-order valence-electron chi connectivity index (χ0n) is 33.5. The first-order chi connectivity index (χ1) is 28.9. The standard InChI is InChI=1S/C44H48N6O8S2/c1-57-39-29-40(58-2)42(60(55,56)46-38-19-15-36(16-20-38)44(52)50-27-23-48(24-28-50)32-34-11-7-4-8-12-34)30-41(39)59(53,54)45-37-17-13-35(14-18-37)43(51)49-25-21-47(22-26-49)31-33-9-5-3-6-10-33/h3-20,29-30,45-46H,21-28,31-32H2,1-2H3. The summed E-state index contributed by atoms with van der Waals surface area (Å²) >= 11 is 0. The predicted molar refractivity (Wildman–Crippen MR) is 229 cm³/mol. The number of piperazine rings is 2. The van der Waals surface area contributed by atoms with Crippen molar-refractivity contribution in [2.24, 2.45) is 0 Å². The number of hydrogen-bond donors (Lipinski definition) is 2. The van der Waals surface area contributed by atoms with Gasteiger partial charge in [0.2, 0.25) is 0 Å². The van der Waals surface area contributed by atoms with Crippen LogP contribution in [0.2, 0.25) is 0 Å². The molecule has 0 atom stereocenters. The Kier molecular flexibility index (Phi) is 13.0. The van der Waals surface area contributed by atoms with Gasteiger partial charge in [-0.15, -0.1) is 0 Å². The van der Waals surface area contributed by atoms with E-state index in [0.717, 1.165) is 45.3 Å². The Morgan fingerprint density at radius 2 is 0.850 bits per heavy atom. The number of carbonyl (C=O) groups excluding carboxylic acids is 2. The SMILES string of the molecule is COc1cc(OC)c(S(=O)(=O)Nc2ccc(C(=O)N3CCN(Cc4ccccc4)CC3)cc2)cc1S(=O)(=O)Nc1ccc(C(=O)N2CCN(Cc3ccccc3)CC2)cc1. The lowest BCUT2D eigenvalue weighted by molar-refractivity contribution is 0.0622. The van der Waals surface area contributed by atoms with Gasteiger partial charge in [0.1, 0.15) is 21.3 Å². The van der Waals surface area contributed by atoms with E-state index in [0.29, 0.717) is 37.3 Å². The lowest BCUT2D eigenvalue weighted by Gasteiger charge is -2.34. The normalized spacial score (nSPS) is 15.3. The molecule has 16 heteroatoms. The summed E-state index contributed by atoms with van der Waals surface area (Å²) in [6.45, 7) is 6.82. The number of nitrogens with one attached hydrogen (secondary N) is 2. The Hall–Kier alpha value is -5.94. The van der Waals surface area contributed by atoms with E-state index in [9.17, 15) is 26.4 Å². The first kappa shape index (κ1) is 42.2. The van der Waals surface area contributed by atoms with E-state index in [1.807, 2.05) is 36.4 Å². The molecule has 2 fully saturated rings. The van der Waals surface area contributed by atoms with Crippen molar-refractivity contribution < 1.29 is 35.9 Å². The Labute approximate surface area is 351 Å². The third kappa shape index (κ3) is 10.1. The molecule has 0 saturated carbocycles. The van der Waals surface area contributed by atoms with Gasteiger partial charge in [0, 0.05) is 94.0 Å². The maximum absolute atomic E-state index is 13.8. The predicted octanol–water partition coefficient (Wildman–Crippen LogP) is 5.22. The monoisotopic (exact) mass is 852 g/mol. The molecule has 2 amide bonds. The van der Waals surface area contributed by atoms with Gasteiger partial charge < -0.3 is 19.3 Å². The van der Waals surface area contributed by atoms with E-state index < -0.39 is 29.8 Å². The second-order valence-corrected chi connectivity index (χ2v) is 17.9. The molecule has 7 rings (SSSR count). The van der Waals surface area contributed by atoms with Crippen molar-refractivity contribution in [3.05, 3.63) is 144 Å². The van der Waals surface area contributed by atoms with Gasteiger partial charge in [-0.3, -0.25) is 28.8 Å². The molecule has 5 aromatic carbocycles. The van der Waals surface area contributed by atoms with Gasteiger partial charge in [-0.25, -0.2) is 16.8 Å². The number of anilines is 2. The van der Waals surface area contributed by atoms with Crippen molar-refractivity contribution >= 4 is 43.2 Å². The van der Waals surface area contributed by atoms with Crippen LogP contribution in [0.1, 0.15) is 31.8 Å². The second kappa shape index (κ2) is 18.5. The van der Waals surface area contributed by atoms with Crippen LogP contribution >= 0.6 is 0 Å². The highest BCUT2D eigenvalue weighted by atomic mass is 32.2. The smallest absolute Gasteiger partial charge is 0.265 e. The van der Waals surface area contributed by atoms with E-state index in [-0.39, 0.29) is 34.7 Å². The van der Waals surface area contributed by atoms with E-state index in [1.54, 1.807) is 34.1 Å². The number of rotatable bonds is 14. The Morgan fingerprint density at radius 3 is 1.18 bits per heavy atom.